The number of esters is 1. The summed E-state index contributed by atoms with van der Waals surface area (Å²) in [4.78, 5) is 25.4. The number of nitrogens with two attached hydrogens (primary N) is 2. The van der Waals surface area contributed by atoms with Crippen LogP contribution >= 0.6 is 7.75 Å². The first-order chi connectivity index (χ1) is 20.1. The molecule has 2 aromatic heterocycles. The molecule has 1 aromatic carbocycles. The number of nitrogens with one attached hydrogen (secondary N) is 1. The molecule has 0 saturated carbocycles. The summed E-state index contributed by atoms with van der Waals surface area (Å²) in [6.07, 6.45) is -1.91. The van der Waals surface area contributed by atoms with Crippen molar-refractivity contribution in [2.75, 3.05) is 25.6 Å². The maximum absolute atomic E-state index is 14.0. The highest BCUT2D eigenvalue weighted by Crippen LogP contribution is 2.47. The van der Waals surface area contributed by atoms with E-state index >= 15 is 0 Å². The SMILES string of the molecule is CCOc1nc(N)nc2c1ncn2[C@@H]1O[C@H](COP(=O)(N[C@@H](C)C(=O)OCC(C)(C)C)Oc2ccccc2)[C@@H](O)[C@@]1(C)N. The van der Waals surface area contributed by atoms with Crippen LogP contribution < -0.4 is 25.8 Å². The standard InChI is InChI=1S/C27H40N7O8P/c1-7-38-22-19-21(31-25(28)32-22)34(15-30-19)24-27(6,29)20(35)18(41-24)13-40-43(37,42-17-11-9-8-10-12-17)33-16(2)23(36)39-14-26(3,4)5/h8-12,15-16,18,20,24,35H,7,13-14,29H2,1-6H3,(H,33,37)(H2,28,31,32)/t16-,18+,20+,24+,27+,43?/m0/s1. The number of ether oxygens (including phenoxy) is 3. The number of imidazole rings is 1. The Morgan fingerprint density at radius 3 is 2.63 bits per heavy atom. The second-order valence-corrected chi connectivity index (χ2v) is 13.4. The second kappa shape index (κ2) is 12.7. The Balaban J connectivity index is 1.54. The quantitative estimate of drug-likeness (QED) is 0.169. The molecule has 1 aliphatic heterocycles. The van der Waals surface area contributed by atoms with Crippen LogP contribution in [-0.2, 0) is 23.4 Å². The molecule has 236 valence electrons. The van der Waals surface area contributed by atoms with Crippen LogP contribution in [0.3, 0.4) is 0 Å². The molecule has 16 heteroatoms. The first kappa shape index (κ1) is 32.6. The lowest BCUT2D eigenvalue weighted by atomic mass is 9.93. The van der Waals surface area contributed by atoms with Gasteiger partial charge in [-0.25, -0.2) is 9.55 Å². The molecule has 0 radical (unpaired) electrons. The predicted molar refractivity (Wildman–Crippen MR) is 157 cm³/mol. The Bertz CT molecular complexity index is 1460. The summed E-state index contributed by atoms with van der Waals surface area (Å²) in [5.41, 5.74) is 11.4. The van der Waals surface area contributed by atoms with Crippen molar-refractivity contribution in [1.82, 2.24) is 24.6 Å². The number of rotatable bonds is 12. The third-order valence-electron chi connectivity index (χ3n) is 6.50. The number of hydrogen-bond donors (Lipinski definition) is 4. The van der Waals surface area contributed by atoms with Crippen LogP contribution in [-0.4, -0.2) is 74.2 Å². The van der Waals surface area contributed by atoms with E-state index in [1.54, 1.807) is 44.2 Å². The Hall–Kier alpha value is -3.33. The molecule has 0 amide bonds. The smallest absolute Gasteiger partial charge is 0.459 e. The van der Waals surface area contributed by atoms with Gasteiger partial charge in [0.05, 0.1) is 31.7 Å². The lowest BCUT2D eigenvalue weighted by Gasteiger charge is -2.28. The van der Waals surface area contributed by atoms with E-state index in [4.69, 9.17) is 34.7 Å². The number of aliphatic hydroxyl groups excluding tert-OH is 1. The van der Waals surface area contributed by atoms with Gasteiger partial charge in [0.2, 0.25) is 11.8 Å². The van der Waals surface area contributed by atoms with Gasteiger partial charge in [-0.3, -0.25) is 13.9 Å². The summed E-state index contributed by atoms with van der Waals surface area (Å²) in [6, 6.07) is 7.26. The molecule has 0 aliphatic carbocycles. The van der Waals surface area contributed by atoms with Crippen molar-refractivity contribution < 1.29 is 37.7 Å². The Kier molecular flexibility index (Phi) is 9.64. The highest BCUT2D eigenvalue weighted by molar-refractivity contribution is 7.52. The molecule has 1 saturated heterocycles. The molecule has 6 atom stereocenters. The number of aromatic nitrogens is 4. The molecule has 3 heterocycles. The normalized spacial score (nSPS) is 24.4. The molecule has 6 N–H and O–H groups in total. The van der Waals surface area contributed by atoms with Gasteiger partial charge in [0, 0.05) is 0 Å². The number of nitrogens with zero attached hydrogens (tertiary/aromatic N) is 4. The molecule has 4 rings (SSSR count). The van der Waals surface area contributed by atoms with Crippen molar-refractivity contribution in [3.8, 4) is 11.6 Å². The average Bonchev–Trinajstić information content (AvgIpc) is 3.44. The highest BCUT2D eigenvalue weighted by Gasteiger charge is 2.53. The van der Waals surface area contributed by atoms with Gasteiger partial charge in [-0.15, -0.1) is 0 Å². The van der Waals surface area contributed by atoms with Gasteiger partial charge in [0.15, 0.2) is 17.4 Å². The molecular formula is C27H40N7O8P. The maximum Gasteiger partial charge on any atom is 0.459 e. The van der Waals surface area contributed by atoms with Crippen LogP contribution in [0.25, 0.3) is 11.2 Å². The van der Waals surface area contributed by atoms with E-state index in [0.29, 0.717) is 12.1 Å². The van der Waals surface area contributed by atoms with Crippen LogP contribution in [0.2, 0.25) is 0 Å². The minimum Gasteiger partial charge on any atom is -0.476 e. The zero-order chi connectivity index (χ0) is 31.6. The fourth-order valence-corrected chi connectivity index (χ4v) is 5.83. The van der Waals surface area contributed by atoms with Crippen LogP contribution in [0, 0.1) is 5.41 Å². The molecule has 1 aliphatic rings. The Morgan fingerprint density at radius 2 is 1.98 bits per heavy atom. The topological polar surface area (TPSA) is 208 Å². The second-order valence-electron chi connectivity index (χ2n) is 11.7. The molecule has 0 spiro atoms. The van der Waals surface area contributed by atoms with E-state index in [1.165, 1.54) is 17.8 Å². The molecule has 0 bridgehead atoms. The fraction of sp³-hybridized carbons (Fsp3) is 0.556. The van der Waals surface area contributed by atoms with Crippen LogP contribution in [0.5, 0.6) is 11.6 Å². The van der Waals surface area contributed by atoms with Gasteiger partial charge in [-0.1, -0.05) is 39.0 Å². The molecule has 43 heavy (non-hydrogen) atoms. The largest absolute Gasteiger partial charge is 0.476 e. The molecule has 3 aromatic rings. The van der Waals surface area contributed by atoms with Crippen LogP contribution in [0.4, 0.5) is 5.95 Å². The first-order valence-electron chi connectivity index (χ1n) is 13.8. The summed E-state index contributed by atoms with van der Waals surface area (Å²) in [5, 5.41) is 13.8. The number of aliphatic hydroxyl groups is 1. The Labute approximate surface area is 249 Å². The average molecular weight is 622 g/mol. The molecule has 15 nitrogen and oxygen atoms in total. The van der Waals surface area contributed by atoms with Crippen molar-refractivity contribution in [1.29, 1.82) is 0 Å². The molecule has 1 unspecified atom stereocenters. The van der Waals surface area contributed by atoms with Gasteiger partial charge in [0.25, 0.3) is 0 Å². The number of fused-ring (bicyclic) bond motifs is 1. The lowest BCUT2D eigenvalue weighted by molar-refractivity contribution is -0.148. The fourth-order valence-electron chi connectivity index (χ4n) is 4.33. The number of nitrogen functional groups attached to an aromatic ring is 1. The zero-order valence-corrected chi connectivity index (χ0v) is 26.0. The molecular weight excluding hydrogens is 581 g/mol. The van der Waals surface area contributed by atoms with Crippen molar-refractivity contribution in [2.45, 2.75) is 71.6 Å². The van der Waals surface area contributed by atoms with Gasteiger partial charge >= 0.3 is 13.7 Å². The summed E-state index contributed by atoms with van der Waals surface area (Å²) < 4.78 is 44.0. The molecule has 1 fully saturated rings. The minimum absolute atomic E-state index is 0.0462. The van der Waals surface area contributed by atoms with Gasteiger partial charge in [-0.05, 0) is 38.3 Å². The predicted octanol–water partition coefficient (Wildman–Crippen LogP) is 2.55. The van der Waals surface area contributed by atoms with E-state index in [2.05, 4.69) is 20.0 Å². The summed E-state index contributed by atoms with van der Waals surface area (Å²) in [7, 11) is -4.23. The van der Waals surface area contributed by atoms with E-state index in [1.807, 2.05) is 20.8 Å². The van der Waals surface area contributed by atoms with Crippen molar-refractivity contribution in [2.24, 2.45) is 11.1 Å². The third kappa shape index (κ3) is 7.61. The summed E-state index contributed by atoms with van der Waals surface area (Å²) >= 11 is 0. The summed E-state index contributed by atoms with van der Waals surface area (Å²) in [5.74, 6) is -0.256. The van der Waals surface area contributed by atoms with E-state index < -0.39 is 50.3 Å². The van der Waals surface area contributed by atoms with E-state index in [-0.39, 0.29) is 35.2 Å². The lowest BCUT2D eigenvalue weighted by Crippen LogP contribution is -2.52. The van der Waals surface area contributed by atoms with Crippen molar-refractivity contribution in [3.05, 3.63) is 36.7 Å². The van der Waals surface area contributed by atoms with Crippen LogP contribution in [0.15, 0.2) is 36.7 Å². The van der Waals surface area contributed by atoms with Crippen molar-refractivity contribution in [3.63, 3.8) is 0 Å². The van der Waals surface area contributed by atoms with E-state index in [0.717, 1.165) is 0 Å². The number of benzene rings is 1. The third-order valence-corrected chi connectivity index (χ3v) is 8.14. The number of para-hydroxylation sites is 1. The zero-order valence-electron chi connectivity index (χ0n) is 25.1. The number of hydrogen-bond acceptors (Lipinski definition) is 13. The monoisotopic (exact) mass is 621 g/mol. The number of carbonyl (C=O) groups excluding carboxylic acids is 1. The van der Waals surface area contributed by atoms with E-state index in [9.17, 15) is 14.5 Å². The number of anilines is 1. The van der Waals surface area contributed by atoms with Gasteiger partial charge in [-0.2, -0.15) is 15.1 Å². The van der Waals surface area contributed by atoms with Gasteiger partial charge in [0.1, 0.15) is 24.0 Å². The number of carbonyl (C=O) groups is 1. The van der Waals surface area contributed by atoms with Crippen LogP contribution in [0.1, 0.15) is 47.8 Å². The van der Waals surface area contributed by atoms with Gasteiger partial charge < -0.3 is 35.3 Å². The minimum atomic E-state index is -4.23. The maximum atomic E-state index is 14.0. The highest BCUT2D eigenvalue weighted by atomic mass is 31.2. The Morgan fingerprint density at radius 1 is 1.28 bits per heavy atom. The summed E-state index contributed by atoms with van der Waals surface area (Å²) in [6.45, 7) is 10.7. The van der Waals surface area contributed by atoms with Crippen molar-refractivity contribution >= 4 is 30.8 Å². The first-order valence-corrected chi connectivity index (χ1v) is 15.4.